The first-order valence-electron chi connectivity index (χ1n) is 7.67. The van der Waals surface area contributed by atoms with Crippen molar-refractivity contribution >= 4 is 0 Å². The normalized spacial score (nSPS) is 10.7. The van der Waals surface area contributed by atoms with Crippen LogP contribution in [0, 0.1) is 6.07 Å². The van der Waals surface area contributed by atoms with Gasteiger partial charge in [0.15, 0.2) is 5.82 Å². The van der Waals surface area contributed by atoms with E-state index in [0.717, 1.165) is 17.8 Å². The van der Waals surface area contributed by atoms with Crippen molar-refractivity contribution in [3.63, 3.8) is 0 Å². The molecule has 2 rings (SSSR count). The SMILES string of the molecule is CCCCCCCCc1cnc(-c2cc[c]cc2)nc1. The van der Waals surface area contributed by atoms with Crippen LogP contribution in [0.15, 0.2) is 36.7 Å². The zero-order chi connectivity index (χ0) is 14.0. The molecular weight excluding hydrogens is 244 g/mol. The Hall–Kier alpha value is -1.70. The number of aromatic nitrogens is 2. The van der Waals surface area contributed by atoms with Crippen LogP contribution < -0.4 is 0 Å². The van der Waals surface area contributed by atoms with Gasteiger partial charge in [0.25, 0.3) is 0 Å². The highest BCUT2D eigenvalue weighted by Crippen LogP contribution is 2.14. The van der Waals surface area contributed by atoms with Crippen molar-refractivity contribution in [2.75, 3.05) is 0 Å². The number of unbranched alkanes of at least 4 members (excludes halogenated alkanes) is 5. The summed E-state index contributed by atoms with van der Waals surface area (Å²) in [6.07, 6.45) is 13.0. The van der Waals surface area contributed by atoms with E-state index < -0.39 is 0 Å². The minimum Gasteiger partial charge on any atom is -0.236 e. The number of rotatable bonds is 8. The summed E-state index contributed by atoms with van der Waals surface area (Å²) in [6, 6.07) is 10.8. The zero-order valence-corrected chi connectivity index (χ0v) is 12.3. The van der Waals surface area contributed by atoms with E-state index in [1.165, 1.54) is 44.1 Å². The number of benzene rings is 1. The van der Waals surface area contributed by atoms with E-state index in [9.17, 15) is 0 Å². The van der Waals surface area contributed by atoms with Crippen LogP contribution in [0.5, 0.6) is 0 Å². The van der Waals surface area contributed by atoms with Crippen LogP contribution in [0.25, 0.3) is 11.4 Å². The molecule has 1 aromatic carbocycles. The summed E-state index contributed by atoms with van der Waals surface area (Å²) >= 11 is 0. The number of hydrogen-bond acceptors (Lipinski definition) is 2. The van der Waals surface area contributed by atoms with Crippen LogP contribution >= 0.6 is 0 Å². The highest BCUT2D eigenvalue weighted by atomic mass is 14.9. The minimum atomic E-state index is 0.797. The fourth-order valence-electron chi connectivity index (χ4n) is 2.28. The third kappa shape index (κ3) is 4.76. The fourth-order valence-corrected chi connectivity index (χ4v) is 2.28. The predicted octanol–water partition coefficient (Wildman–Crippen LogP) is 4.85. The van der Waals surface area contributed by atoms with Crippen LogP contribution in [0.4, 0.5) is 0 Å². The molecule has 1 aromatic heterocycles. The molecule has 0 fully saturated rings. The highest BCUT2D eigenvalue weighted by molar-refractivity contribution is 5.53. The molecule has 2 heteroatoms. The lowest BCUT2D eigenvalue weighted by atomic mass is 10.1. The fraction of sp³-hybridized carbons (Fsp3) is 0.444. The molecule has 1 radical (unpaired) electrons. The van der Waals surface area contributed by atoms with Crippen molar-refractivity contribution in [2.45, 2.75) is 51.9 Å². The molecule has 0 saturated carbocycles. The second kappa shape index (κ2) is 8.47. The van der Waals surface area contributed by atoms with Gasteiger partial charge >= 0.3 is 0 Å². The van der Waals surface area contributed by atoms with Gasteiger partial charge in [-0.2, -0.15) is 0 Å². The van der Waals surface area contributed by atoms with Crippen molar-refractivity contribution < 1.29 is 0 Å². The maximum Gasteiger partial charge on any atom is 0.159 e. The standard InChI is InChI=1S/C18H23N2/c1-2-3-4-5-6-8-11-16-14-19-18(20-15-16)17-12-9-7-10-13-17/h9-10,12-15H,2-6,8,11H2,1H3. The molecule has 20 heavy (non-hydrogen) atoms. The molecule has 0 bridgehead atoms. The van der Waals surface area contributed by atoms with E-state index in [-0.39, 0.29) is 0 Å². The Labute approximate surface area is 122 Å². The Bertz CT molecular complexity index is 477. The van der Waals surface area contributed by atoms with Crippen molar-refractivity contribution in [2.24, 2.45) is 0 Å². The van der Waals surface area contributed by atoms with Gasteiger partial charge in [0.1, 0.15) is 0 Å². The molecule has 0 unspecified atom stereocenters. The van der Waals surface area contributed by atoms with Crippen LogP contribution in [-0.4, -0.2) is 9.97 Å². The Kier molecular flexibility index (Phi) is 6.22. The van der Waals surface area contributed by atoms with Gasteiger partial charge < -0.3 is 0 Å². The Balaban J connectivity index is 1.77. The second-order valence-electron chi connectivity index (χ2n) is 5.22. The lowest BCUT2D eigenvalue weighted by Gasteiger charge is -2.03. The van der Waals surface area contributed by atoms with Gasteiger partial charge in [0, 0.05) is 18.0 Å². The average Bonchev–Trinajstić information content (AvgIpc) is 2.52. The summed E-state index contributed by atoms with van der Waals surface area (Å²) in [6.45, 7) is 2.25. The Morgan fingerprint density at radius 2 is 1.55 bits per heavy atom. The summed E-state index contributed by atoms with van der Waals surface area (Å²) < 4.78 is 0. The zero-order valence-electron chi connectivity index (χ0n) is 12.3. The molecule has 0 spiro atoms. The number of aryl methyl sites for hydroxylation is 1. The molecule has 0 saturated heterocycles. The van der Waals surface area contributed by atoms with E-state index >= 15 is 0 Å². The summed E-state index contributed by atoms with van der Waals surface area (Å²) in [5.74, 6) is 0.797. The Morgan fingerprint density at radius 3 is 2.25 bits per heavy atom. The van der Waals surface area contributed by atoms with Gasteiger partial charge in [0.05, 0.1) is 0 Å². The van der Waals surface area contributed by atoms with E-state index in [2.05, 4.69) is 23.0 Å². The van der Waals surface area contributed by atoms with Gasteiger partial charge in [-0.25, -0.2) is 9.97 Å². The molecule has 0 N–H and O–H groups in total. The first-order chi connectivity index (χ1) is 9.90. The van der Waals surface area contributed by atoms with Crippen LogP contribution in [-0.2, 0) is 6.42 Å². The van der Waals surface area contributed by atoms with Gasteiger partial charge in [0.2, 0.25) is 0 Å². The van der Waals surface area contributed by atoms with Crippen LogP contribution in [0.3, 0.4) is 0 Å². The number of nitrogens with zero attached hydrogens (tertiary/aromatic N) is 2. The van der Waals surface area contributed by atoms with Crippen molar-refractivity contribution in [1.82, 2.24) is 9.97 Å². The van der Waals surface area contributed by atoms with Crippen LogP contribution in [0.2, 0.25) is 0 Å². The van der Waals surface area contributed by atoms with Gasteiger partial charge in [-0.05, 0) is 24.5 Å². The van der Waals surface area contributed by atoms with Crippen molar-refractivity contribution in [1.29, 1.82) is 0 Å². The van der Waals surface area contributed by atoms with E-state index in [1.807, 2.05) is 36.7 Å². The molecule has 0 aliphatic rings. The Morgan fingerprint density at radius 1 is 0.900 bits per heavy atom. The molecule has 0 atom stereocenters. The minimum absolute atomic E-state index is 0.797. The van der Waals surface area contributed by atoms with E-state index in [1.54, 1.807) is 0 Å². The smallest absolute Gasteiger partial charge is 0.159 e. The second-order valence-corrected chi connectivity index (χ2v) is 5.22. The first-order valence-corrected chi connectivity index (χ1v) is 7.67. The third-order valence-corrected chi connectivity index (χ3v) is 3.50. The van der Waals surface area contributed by atoms with E-state index in [4.69, 9.17) is 0 Å². The van der Waals surface area contributed by atoms with Gasteiger partial charge in [-0.15, -0.1) is 0 Å². The molecular formula is C18H23N2. The third-order valence-electron chi connectivity index (χ3n) is 3.50. The molecule has 2 aromatic rings. The van der Waals surface area contributed by atoms with Gasteiger partial charge in [-0.3, -0.25) is 0 Å². The van der Waals surface area contributed by atoms with Crippen LogP contribution in [0.1, 0.15) is 51.0 Å². The summed E-state index contributed by atoms with van der Waals surface area (Å²) in [5.41, 5.74) is 2.29. The number of hydrogen-bond donors (Lipinski definition) is 0. The predicted molar refractivity (Wildman–Crippen MR) is 83.4 cm³/mol. The van der Waals surface area contributed by atoms with Crippen molar-refractivity contribution in [3.05, 3.63) is 48.3 Å². The highest BCUT2D eigenvalue weighted by Gasteiger charge is 2.00. The van der Waals surface area contributed by atoms with Crippen molar-refractivity contribution in [3.8, 4) is 11.4 Å². The summed E-state index contributed by atoms with van der Waals surface area (Å²) in [7, 11) is 0. The quantitative estimate of drug-likeness (QED) is 0.639. The molecule has 0 aliphatic carbocycles. The lowest BCUT2D eigenvalue weighted by Crippen LogP contribution is -1.93. The maximum atomic E-state index is 4.45. The molecule has 2 nitrogen and oxygen atoms in total. The molecule has 105 valence electrons. The molecule has 1 heterocycles. The summed E-state index contributed by atoms with van der Waals surface area (Å²) in [4.78, 5) is 8.90. The summed E-state index contributed by atoms with van der Waals surface area (Å²) in [5, 5.41) is 0. The molecule has 0 aliphatic heterocycles. The largest absolute Gasteiger partial charge is 0.236 e. The van der Waals surface area contributed by atoms with Gasteiger partial charge in [-0.1, -0.05) is 63.3 Å². The topological polar surface area (TPSA) is 25.8 Å². The average molecular weight is 267 g/mol. The maximum absolute atomic E-state index is 4.45. The van der Waals surface area contributed by atoms with E-state index in [0.29, 0.717) is 0 Å². The first kappa shape index (κ1) is 14.7. The monoisotopic (exact) mass is 267 g/mol. The lowest BCUT2D eigenvalue weighted by molar-refractivity contribution is 0.607. The molecule has 0 amide bonds.